The Bertz CT molecular complexity index is 1690. The number of para-hydroxylation sites is 1. The lowest BCUT2D eigenvalue weighted by molar-refractivity contribution is -0.245. The first kappa shape index (κ1) is 30.7. The molecule has 1 heterocycles. The molecule has 1 fully saturated rings. The summed E-state index contributed by atoms with van der Waals surface area (Å²) < 4.78 is 17.5. The molecule has 12 nitrogen and oxygen atoms in total. The number of aliphatic hydroxyl groups excluding tert-OH is 2. The van der Waals surface area contributed by atoms with Gasteiger partial charge < -0.3 is 45.1 Å². The normalized spacial score (nSPS) is 27.3. The number of phenolic OH excluding ortho intramolecular Hbond substituents is 2. The molecule has 45 heavy (non-hydrogen) atoms. The van der Waals surface area contributed by atoms with E-state index in [0.29, 0.717) is 0 Å². The van der Waals surface area contributed by atoms with Crippen LogP contribution in [0.25, 0.3) is 0 Å². The Morgan fingerprint density at radius 1 is 1.02 bits per heavy atom. The van der Waals surface area contributed by atoms with Crippen molar-refractivity contribution >= 4 is 23.0 Å². The number of hydrogen-bond donors (Lipinski definition) is 6. The fourth-order valence-corrected chi connectivity index (χ4v) is 6.61. The van der Waals surface area contributed by atoms with E-state index in [2.05, 4.69) is 5.32 Å². The van der Waals surface area contributed by atoms with E-state index in [-0.39, 0.29) is 34.4 Å². The predicted molar refractivity (Wildman–Crippen MR) is 158 cm³/mol. The van der Waals surface area contributed by atoms with Gasteiger partial charge in [0.2, 0.25) is 5.78 Å². The van der Waals surface area contributed by atoms with Gasteiger partial charge in [-0.2, -0.15) is 0 Å². The first-order valence-corrected chi connectivity index (χ1v) is 14.5. The molecule has 1 aliphatic heterocycles. The van der Waals surface area contributed by atoms with E-state index in [4.69, 9.17) is 14.2 Å². The highest BCUT2D eigenvalue weighted by Gasteiger charge is 2.50. The average molecular weight is 620 g/mol. The van der Waals surface area contributed by atoms with Crippen LogP contribution in [0.5, 0.6) is 17.2 Å². The Balaban J connectivity index is 1.44. The number of Topliss-reactive ketones (excluding diaryl/α,β-unsaturated/α-hetero) is 1. The van der Waals surface area contributed by atoms with Crippen molar-refractivity contribution in [2.45, 2.75) is 62.4 Å². The summed E-state index contributed by atoms with van der Waals surface area (Å²) in [6.07, 6.45) is -5.00. The highest BCUT2D eigenvalue weighted by atomic mass is 16.7. The van der Waals surface area contributed by atoms with Gasteiger partial charge in [0.1, 0.15) is 35.6 Å². The average Bonchev–Trinajstić information content (AvgIpc) is 3.03. The van der Waals surface area contributed by atoms with Crippen molar-refractivity contribution < 1.29 is 54.1 Å². The molecule has 3 aromatic carbocycles. The minimum absolute atomic E-state index is 0.0492. The summed E-state index contributed by atoms with van der Waals surface area (Å²) in [5, 5.41) is 58.4. The van der Waals surface area contributed by atoms with Crippen LogP contribution in [-0.4, -0.2) is 86.7 Å². The molecular weight excluding hydrogens is 586 g/mol. The number of phenols is 2. The van der Waals surface area contributed by atoms with E-state index < -0.39 is 95.7 Å². The highest BCUT2D eigenvalue weighted by Crippen LogP contribution is 2.52. The number of carbonyl (C=O) groups excluding carboxylic acids is 3. The minimum Gasteiger partial charge on any atom is -0.507 e. The van der Waals surface area contributed by atoms with Crippen molar-refractivity contribution in [3.8, 4) is 17.2 Å². The molecule has 6 N–H and O–H groups in total. The van der Waals surface area contributed by atoms with Crippen LogP contribution in [0.3, 0.4) is 0 Å². The van der Waals surface area contributed by atoms with Gasteiger partial charge in [-0.05, 0) is 25.1 Å². The zero-order valence-corrected chi connectivity index (χ0v) is 24.5. The standard InChI is InChI=1S/C33H33NO11/c1-15-28(37)19(34-16-7-4-3-5-8-16)11-23(44-15)45-21-13-33(42,22(36)14-35)12-18-25(21)32(41)27-26(30(18)39)29(38)17-9-6-10-20(43-2)24(17)31(27)40/h3-10,15,19,21,23,28,34-35,37,39,41-42H,11-14H2,1-2H3/t15?,19?,21-,23?,28?,33-/m0/s1. The third kappa shape index (κ3) is 5.04. The van der Waals surface area contributed by atoms with Gasteiger partial charge in [0, 0.05) is 41.6 Å². The maximum absolute atomic E-state index is 13.8. The van der Waals surface area contributed by atoms with Crippen LogP contribution in [0.15, 0.2) is 48.5 Å². The van der Waals surface area contributed by atoms with E-state index in [1.807, 2.05) is 30.3 Å². The number of ether oxygens (including phenoxy) is 3. The quantitative estimate of drug-likeness (QED) is 0.166. The molecular formula is C33H33NO11. The van der Waals surface area contributed by atoms with Crippen LogP contribution in [0.1, 0.15) is 68.8 Å². The minimum atomic E-state index is -2.26. The first-order valence-electron chi connectivity index (χ1n) is 14.5. The first-order chi connectivity index (χ1) is 21.5. The van der Waals surface area contributed by atoms with Gasteiger partial charge in [0.05, 0.1) is 42.0 Å². The number of nitrogens with one attached hydrogen (secondary N) is 1. The number of fused-ring (bicyclic) bond motifs is 3. The van der Waals surface area contributed by atoms with Crippen LogP contribution in [0, 0.1) is 0 Å². The van der Waals surface area contributed by atoms with Crippen LogP contribution >= 0.6 is 0 Å². The molecule has 6 rings (SSSR count). The van der Waals surface area contributed by atoms with Gasteiger partial charge in [0.25, 0.3) is 0 Å². The summed E-state index contributed by atoms with van der Waals surface area (Å²) in [5.41, 5.74) is -2.86. The van der Waals surface area contributed by atoms with E-state index in [0.717, 1.165) is 5.69 Å². The second-order valence-corrected chi connectivity index (χ2v) is 11.6. The molecule has 0 aromatic heterocycles. The van der Waals surface area contributed by atoms with Crippen molar-refractivity contribution in [3.63, 3.8) is 0 Å². The lowest BCUT2D eigenvalue weighted by Gasteiger charge is -2.43. The molecule has 236 valence electrons. The largest absolute Gasteiger partial charge is 0.507 e. The summed E-state index contributed by atoms with van der Waals surface area (Å²) >= 11 is 0. The molecule has 4 unspecified atom stereocenters. The Labute approximate surface area is 257 Å². The third-order valence-electron chi connectivity index (χ3n) is 8.89. The van der Waals surface area contributed by atoms with Gasteiger partial charge in [-0.3, -0.25) is 14.4 Å². The van der Waals surface area contributed by atoms with E-state index in [9.17, 15) is 39.9 Å². The molecule has 12 heteroatoms. The molecule has 0 spiro atoms. The molecule has 0 bridgehead atoms. The lowest BCUT2D eigenvalue weighted by Crippen LogP contribution is -2.52. The number of anilines is 1. The maximum atomic E-state index is 13.8. The second kappa shape index (κ2) is 11.5. The highest BCUT2D eigenvalue weighted by molar-refractivity contribution is 6.31. The third-order valence-corrected chi connectivity index (χ3v) is 8.89. The molecule has 1 saturated heterocycles. The number of methoxy groups -OCH3 is 1. The summed E-state index contributed by atoms with van der Waals surface area (Å²) in [5.74, 6) is -3.74. The molecule has 6 atom stereocenters. The van der Waals surface area contributed by atoms with Crippen LogP contribution in [-0.2, 0) is 20.7 Å². The van der Waals surface area contributed by atoms with E-state index in [1.54, 1.807) is 6.92 Å². The number of benzene rings is 3. The summed E-state index contributed by atoms with van der Waals surface area (Å²) in [7, 11) is 1.33. The number of rotatable bonds is 7. The zero-order chi connectivity index (χ0) is 32.2. The van der Waals surface area contributed by atoms with Crippen LogP contribution in [0.2, 0.25) is 0 Å². The number of hydrogen-bond acceptors (Lipinski definition) is 12. The number of aromatic hydroxyl groups is 2. The SMILES string of the molecule is COc1cccc2c1C(=O)c1c(O)c3c(c(O)c1C2=O)C[C@@](O)(C(=O)CO)C[C@@H]3OC1CC(Nc2ccccc2)C(O)C(C)O1. The monoisotopic (exact) mass is 619 g/mol. The fraction of sp³-hybridized carbons (Fsp3) is 0.364. The number of aliphatic hydroxyl groups is 3. The summed E-state index contributed by atoms with van der Waals surface area (Å²) in [6.45, 7) is 0.627. The van der Waals surface area contributed by atoms with E-state index >= 15 is 0 Å². The van der Waals surface area contributed by atoms with Crippen LogP contribution < -0.4 is 10.1 Å². The Kier molecular flexibility index (Phi) is 7.88. The molecule has 0 radical (unpaired) electrons. The Morgan fingerprint density at radius 2 is 1.73 bits per heavy atom. The number of carbonyl (C=O) groups is 3. The predicted octanol–water partition coefficient (Wildman–Crippen LogP) is 2.15. The van der Waals surface area contributed by atoms with Gasteiger partial charge in [-0.25, -0.2) is 0 Å². The van der Waals surface area contributed by atoms with Crippen molar-refractivity contribution in [1.82, 2.24) is 0 Å². The summed E-state index contributed by atoms with van der Waals surface area (Å²) in [4.78, 5) is 40.3. The lowest BCUT2D eigenvalue weighted by atomic mass is 9.72. The number of ketones is 3. The van der Waals surface area contributed by atoms with Crippen molar-refractivity contribution in [3.05, 3.63) is 81.9 Å². The van der Waals surface area contributed by atoms with Crippen molar-refractivity contribution in [2.24, 2.45) is 0 Å². The zero-order valence-electron chi connectivity index (χ0n) is 24.5. The molecule has 0 amide bonds. The summed E-state index contributed by atoms with van der Waals surface area (Å²) in [6, 6.07) is 13.0. The topological polar surface area (TPSA) is 192 Å². The molecule has 3 aliphatic rings. The Hall–Kier alpha value is -4.33. The molecule has 3 aromatic rings. The second-order valence-electron chi connectivity index (χ2n) is 11.6. The van der Waals surface area contributed by atoms with Gasteiger partial charge in [-0.15, -0.1) is 0 Å². The fourth-order valence-electron chi connectivity index (χ4n) is 6.61. The molecule has 0 saturated carbocycles. The maximum Gasteiger partial charge on any atom is 0.202 e. The van der Waals surface area contributed by atoms with Gasteiger partial charge >= 0.3 is 0 Å². The smallest absolute Gasteiger partial charge is 0.202 e. The van der Waals surface area contributed by atoms with Gasteiger partial charge in [0.15, 0.2) is 17.9 Å². The van der Waals surface area contributed by atoms with Gasteiger partial charge in [-0.1, -0.05) is 30.3 Å². The van der Waals surface area contributed by atoms with Crippen molar-refractivity contribution in [2.75, 3.05) is 19.0 Å². The molecule has 2 aliphatic carbocycles. The van der Waals surface area contributed by atoms with E-state index in [1.165, 1.54) is 25.3 Å². The van der Waals surface area contributed by atoms with Crippen LogP contribution in [0.4, 0.5) is 5.69 Å². The van der Waals surface area contributed by atoms with Crippen molar-refractivity contribution in [1.29, 1.82) is 0 Å². The Morgan fingerprint density at radius 3 is 2.42 bits per heavy atom.